The van der Waals surface area contributed by atoms with Gasteiger partial charge in [0.15, 0.2) is 11.5 Å². The number of para-hydroxylation sites is 1. The molecule has 0 bridgehead atoms. The van der Waals surface area contributed by atoms with Crippen LogP contribution in [-0.4, -0.2) is 45.1 Å². The van der Waals surface area contributed by atoms with Crippen LogP contribution in [0.25, 0.3) is 5.69 Å². The van der Waals surface area contributed by atoms with Crippen molar-refractivity contribution in [3.8, 4) is 23.2 Å². The molecule has 1 aromatic heterocycles. The molecule has 0 fully saturated rings. The van der Waals surface area contributed by atoms with E-state index in [1.54, 1.807) is 7.11 Å². The normalized spacial score (nSPS) is 12.0. The molecule has 3 aromatic rings. The third-order valence-corrected chi connectivity index (χ3v) is 4.18. The summed E-state index contributed by atoms with van der Waals surface area (Å²) in [5, 5.41) is 24.2. The highest BCUT2D eigenvalue weighted by Crippen LogP contribution is 2.32. The molecular weight excluding hydrogens is 346 g/mol. The van der Waals surface area contributed by atoms with E-state index in [0.717, 1.165) is 17.7 Å². The van der Waals surface area contributed by atoms with E-state index in [0.29, 0.717) is 18.0 Å². The van der Waals surface area contributed by atoms with Gasteiger partial charge in [-0.25, -0.2) is 0 Å². The molecule has 2 aromatic carbocycles. The summed E-state index contributed by atoms with van der Waals surface area (Å²) in [7, 11) is 1.59. The summed E-state index contributed by atoms with van der Waals surface area (Å²) < 4.78 is 12.9. The monoisotopic (exact) mass is 369 g/mol. The number of benzene rings is 2. The average Bonchev–Trinajstić information content (AvgIpc) is 3.18. The maximum Gasteiger partial charge on any atom is 0.346 e. The van der Waals surface area contributed by atoms with Gasteiger partial charge < -0.3 is 19.9 Å². The standard InChI is InChI=1S/C19H23N5O3/c1-3-15(13-25)20-12-14-9-10-17(18(11-14)26-2)27-19-21-22-23-24(19)16-7-5-4-6-8-16/h4-11,15,20,25H,3,12-13H2,1-2H3/t15-/m0/s1. The van der Waals surface area contributed by atoms with Gasteiger partial charge in [-0.3, -0.25) is 0 Å². The van der Waals surface area contributed by atoms with Gasteiger partial charge in [0.1, 0.15) is 0 Å². The smallest absolute Gasteiger partial charge is 0.346 e. The Morgan fingerprint density at radius 3 is 2.67 bits per heavy atom. The topological polar surface area (TPSA) is 94.3 Å². The van der Waals surface area contributed by atoms with E-state index in [9.17, 15) is 5.11 Å². The van der Waals surface area contributed by atoms with E-state index in [1.807, 2.05) is 55.5 Å². The first-order valence-electron chi connectivity index (χ1n) is 8.78. The fourth-order valence-corrected chi connectivity index (χ4v) is 2.58. The molecule has 8 heteroatoms. The molecule has 2 N–H and O–H groups in total. The molecule has 27 heavy (non-hydrogen) atoms. The summed E-state index contributed by atoms with van der Waals surface area (Å²) in [5.41, 5.74) is 1.82. The van der Waals surface area contributed by atoms with Crippen molar-refractivity contribution in [2.45, 2.75) is 25.9 Å². The van der Waals surface area contributed by atoms with Gasteiger partial charge in [0.05, 0.1) is 19.4 Å². The first-order chi connectivity index (χ1) is 13.2. The predicted octanol–water partition coefficient (Wildman–Crippen LogP) is 2.32. The minimum absolute atomic E-state index is 0.0717. The van der Waals surface area contributed by atoms with Gasteiger partial charge in [-0.1, -0.05) is 36.3 Å². The molecule has 3 rings (SSSR count). The van der Waals surface area contributed by atoms with Gasteiger partial charge in [-0.2, -0.15) is 4.68 Å². The quantitative estimate of drug-likeness (QED) is 0.598. The molecule has 0 radical (unpaired) electrons. The number of aliphatic hydroxyl groups is 1. The van der Waals surface area contributed by atoms with E-state index in [-0.39, 0.29) is 18.7 Å². The van der Waals surface area contributed by atoms with Gasteiger partial charge in [0, 0.05) is 12.6 Å². The number of nitrogens with zero attached hydrogens (tertiary/aromatic N) is 4. The molecule has 0 unspecified atom stereocenters. The molecule has 1 heterocycles. The molecule has 0 saturated carbocycles. The van der Waals surface area contributed by atoms with E-state index in [2.05, 4.69) is 20.8 Å². The highest BCUT2D eigenvalue weighted by molar-refractivity contribution is 5.44. The van der Waals surface area contributed by atoms with Gasteiger partial charge in [0.25, 0.3) is 0 Å². The van der Waals surface area contributed by atoms with Crippen LogP contribution in [-0.2, 0) is 6.54 Å². The van der Waals surface area contributed by atoms with Crippen LogP contribution >= 0.6 is 0 Å². The third-order valence-electron chi connectivity index (χ3n) is 4.18. The first kappa shape index (κ1) is 18.8. The summed E-state index contributed by atoms with van der Waals surface area (Å²) in [6.07, 6.45) is 0.858. The largest absolute Gasteiger partial charge is 0.493 e. The lowest BCUT2D eigenvalue weighted by atomic mass is 10.1. The number of hydrogen-bond donors (Lipinski definition) is 2. The number of tetrazole rings is 1. The van der Waals surface area contributed by atoms with Crippen molar-refractivity contribution in [2.75, 3.05) is 13.7 Å². The fraction of sp³-hybridized carbons (Fsp3) is 0.316. The molecule has 142 valence electrons. The van der Waals surface area contributed by atoms with E-state index < -0.39 is 0 Å². The van der Waals surface area contributed by atoms with Crippen LogP contribution in [0.2, 0.25) is 0 Å². The predicted molar refractivity (Wildman–Crippen MR) is 100 cm³/mol. The number of rotatable bonds is 9. The molecule has 0 aliphatic carbocycles. The zero-order chi connectivity index (χ0) is 19.1. The van der Waals surface area contributed by atoms with Crippen LogP contribution in [0.15, 0.2) is 48.5 Å². The van der Waals surface area contributed by atoms with Crippen molar-refractivity contribution in [3.05, 3.63) is 54.1 Å². The van der Waals surface area contributed by atoms with Crippen LogP contribution in [0, 0.1) is 0 Å². The van der Waals surface area contributed by atoms with Crippen LogP contribution in [0.5, 0.6) is 17.5 Å². The highest BCUT2D eigenvalue weighted by Gasteiger charge is 2.14. The number of aliphatic hydroxyl groups excluding tert-OH is 1. The second-order valence-corrected chi connectivity index (χ2v) is 5.96. The highest BCUT2D eigenvalue weighted by atomic mass is 16.5. The Hall–Kier alpha value is -2.97. The zero-order valence-electron chi connectivity index (χ0n) is 15.4. The number of nitrogens with one attached hydrogen (secondary N) is 1. The lowest BCUT2D eigenvalue weighted by molar-refractivity contribution is 0.238. The van der Waals surface area contributed by atoms with Crippen molar-refractivity contribution in [1.82, 2.24) is 25.5 Å². The van der Waals surface area contributed by atoms with Crippen LogP contribution in [0.4, 0.5) is 0 Å². The van der Waals surface area contributed by atoms with E-state index in [1.165, 1.54) is 4.68 Å². The first-order valence-corrected chi connectivity index (χ1v) is 8.78. The molecular formula is C19H23N5O3. The molecule has 0 saturated heterocycles. The minimum atomic E-state index is 0.0717. The third kappa shape index (κ3) is 4.60. The Labute approximate surface area is 157 Å². The number of methoxy groups -OCH3 is 1. The molecule has 8 nitrogen and oxygen atoms in total. The minimum Gasteiger partial charge on any atom is -0.493 e. The summed E-state index contributed by atoms with van der Waals surface area (Å²) in [6, 6.07) is 15.5. The maximum absolute atomic E-state index is 9.28. The molecule has 0 aliphatic heterocycles. The van der Waals surface area contributed by atoms with Gasteiger partial charge in [-0.05, 0) is 46.7 Å². The second kappa shape index (κ2) is 9.11. The number of ether oxygens (including phenoxy) is 2. The second-order valence-electron chi connectivity index (χ2n) is 5.96. The van der Waals surface area contributed by atoms with Crippen molar-refractivity contribution in [2.24, 2.45) is 0 Å². The van der Waals surface area contributed by atoms with Gasteiger partial charge in [0.2, 0.25) is 0 Å². The van der Waals surface area contributed by atoms with Crippen LogP contribution in [0.1, 0.15) is 18.9 Å². The van der Waals surface area contributed by atoms with Crippen LogP contribution < -0.4 is 14.8 Å². The SMILES string of the molecule is CC[C@@H](CO)NCc1ccc(Oc2nnnn2-c2ccccc2)c(OC)c1. The lowest BCUT2D eigenvalue weighted by Gasteiger charge is -2.15. The Morgan fingerprint density at radius 1 is 1.15 bits per heavy atom. The summed E-state index contributed by atoms with van der Waals surface area (Å²) in [5.74, 6) is 1.09. The Bertz CT molecular complexity index is 850. The van der Waals surface area contributed by atoms with Crippen molar-refractivity contribution in [1.29, 1.82) is 0 Å². The Kier molecular flexibility index (Phi) is 6.35. The van der Waals surface area contributed by atoms with Gasteiger partial charge >= 0.3 is 6.01 Å². The van der Waals surface area contributed by atoms with Crippen molar-refractivity contribution >= 4 is 0 Å². The molecule has 0 aliphatic rings. The lowest BCUT2D eigenvalue weighted by Crippen LogP contribution is -2.31. The van der Waals surface area contributed by atoms with E-state index in [4.69, 9.17) is 9.47 Å². The van der Waals surface area contributed by atoms with Gasteiger partial charge in [-0.15, -0.1) is 0 Å². The number of aromatic nitrogens is 4. The maximum atomic E-state index is 9.28. The van der Waals surface area contributed by atoms with E-state index >= 15 is 0 Å². The fourth-order valence-electron chi connectivity index (χ4n) is 2.58. The molecule has 0 amide bonds. The van der Waals surface area contributed by atoms with Crippen molar-refractivity contribution in [3.63, 3.8) is 0 Å². The Balaban J connectivity index is 1.77. The molecule has 1 atom stereocenters. The van der Waals surface area contributed by atoms with Crippen molar-refractivity contribution < 1.29 is 14.6 Å². The zero-order valence-corrected chi connectivity index (χ0v) is 15.4. The Morgan fingerprint density at radius 2 is 1.96 bits per heavy atom. The average molecular weight is 369 g/mol. The van der Waals surface area contributed by atoms with Crippen LogP contribution in [0.3, 0.4) is 0 Å². The summed E-state index contributed by atoms with van der Waals surface area (Å²) >= 11 is 0. The molecule has 0 spiro atoms. The summed E-state index contributed by atoms with van der Waals surface area (Å²) in [6.45, 7) is 2.76. The number of hydrogen-bond acceptors (Lipinski definition) is 7. The summed E-state index contributed by atoms with van der Waals surface area (Å²) in [4.78, 5) is 0.